The molecule has 0 aliphatic heterocycles. The van der Waals surface area contributed by atoms with Crippen molar-refractivity contribution in [3.63, 3.8) is 0 Å². The molecule has 0 saturated carbocycles. The number of nitrogens with zero attached hydrogens (tertiary/aromatic N) is 3. The van der Waals surface area contributed by atoms with Crippen LogP contribution in [0.1, 0.15) is 0 Å². The van der Waals surface area contributed by atoms with Crippen LogP contribution in [0.2, 0.25) is 10.0 Å². The highest BCUT2D eigenvalue weighted by atomic mass is 35.5. The number of halogens is 2. The van der Waals surface area contributed by atoms with Gasteiger partial charge >= 0.3 is 0 Å². The fraction of sp³-hybridized carbons (Fsp3) is 0.0714. The predicted molar refractivity (Wildman–Crippen MR) is 86.9 cm³/mol. The van der Waals surface area contributed by atoms with Gasteiger partial charge in [-0.25, -0.2) is 15.0 Å². The number of aromatic amines is 1. The second-order valence-corrected chi connectivity index (χ2v) is 5.80. The first-order valence-electron chi connectivity index (χ1n) is 6.05. The van der Waals surface area contributed by atoms with E-state index >= 15 is 0 Å². The Morgan fingerprint density at radius 3 is 2.67 bits per heavy atom. The molecule has 7 heteroatoms. The van der Waals surface area contributed by atoms with E-state index in [9.17, 15) is 0 Å². The average Bonchev–Trinajstić information content (AvgIpc) is 3.01. The highest BCUT2D eigenvalue weighted by Gasteiger charge is 2.15. The van der Waals surface area contributed by atoms with E-state index in [-0.39, 0.29) is 0 Å². The van der Waals surface area contributed by atoms with Crippen molar-refractivity contribution in [1.82, 2.24) is 19.9 Å². The molecule has 3 aromatic rings. The number of rotatable bonds is 3. The van der Waals surface area contributed by atoms with E-state index in [1.165, 1.54) is 11.8 Å². The maximum absolute atomic E-state index is 6.31. The molecule has 1 aromatic carbocycles. The molecule has 0 radical (unpaired) electrons. The molecule has 0 spiro atoms. The molecule has 0 bridgehead atoms. The summed E-state index contributed by atoms with van der Waals surface area (Å²) in [6.45, 7) is 0. The first-order chi connectivity index (χ1) is 10.2. The lowest BCUT2D eigenvalue weighted by atomic mass is 10.1. The van der Waals surface area contributed by atoms with Crippen LogP contribution in [0, 0.1) is 0 Å². The summed E-state index contributed by atoms with van der Waals surface area (Å²) in [6, 6.07) is 5.34. The van der Waals surface area contributed by atoms with E-state index in [1.807, 2.05) is 12.3 Å². The van der Waals surface area contributed by atoms with Gasteiger partial charge < -0.3 is 4.98 Å². The zero-order valence-electron chi connectivity index (χ0n) is 11.0. The Morgan fingerprint density at radius 1 is 1.14 bits per heavy atom. The maximum Gasteiger partial charge on any atom is 0.187 e. The van der Waals surface area contributed by atoms with Gasteiger partial charge in [0.2, 0.25) is 0 Å². The molecule has 0 fully saturated rings. The maximum atomic E-state index is 6.31. The minimum Gasteiger partial charge on any atom is -0.345 e. The van der Waals surface area contributed by atoms with Crippen LogP contribution in [0.15, 0.2) is 41.9 Å². The van der Waals surface area contributed by atoms with Crippen LogP contribution in [-0.4, -0.2) is 26.2 Å². The summed E-state index contributed by atoms with van der Waals surface area (Å²) in [5.41, 5.74) is 2.32. The van der Waals surface area contributed by atoms with Crippen molar-refractivity contribution < 1.29 is 0 Å². The minimum absolute atomic E-state index is 0.543. The summed E-state index contributed by atoms with van der Waals surface area (Å²) < 4.78 is 0. The van der Waals surface area contributed by atoms with Crippen LogP contribution in [0.25, 0.3) is 22.6 Å². The van der Waals surface area contributed by atoms with Gasteiger partial charge in [0.05, 0.1) is 16.3 Å². The van der Waals surface area contributed by atoms with E-state index in [0.717, 1.165) is 16.8 Å². The second-order valence-electron chi connectivity index (χ2n) is 4.18. The quantitative estimate of drug-likeness (QED) is 0.562. The van der Waals surface area contributed by atoms with E-state index in [1.54, 1.807) is 30.7 Å². The topological polar surface area (TPSA) is 54.5 Å². The smallest absolute Gasteiger partial charge is 0.187 e. The van der Waals surface area contributed by atoms with Crippen molar-refractivity contribution in [2.45, 2.75) is 5.16 Å². The number of H-pyrrole nitrogens is 1. The van der Waals surface area contributed by atoms with Crippen LogP contribution >= 0.6 is 35.0 Å². The molecule has 0 atom stereocenters. The number of hydrogen-bond acceptors (Lipinski definition) is 4. The fourth-order valence-electron chi connectivity index (χ4n) is 1.94. The third kappa shape index (κ3) is 2.90. The SMILES string of the molecule is CSc1ncc(-c2ncc[nH]2)c(-c2ccc(Cl)cc2Cl)n1. The predicted octanol–water partition coefficient (Wildman–Crippen LogP) is 4.56. The Morgan fingerprint density at radius 2 is 2.00 bits per heavy atom. The molecule has 2 aromatic heterocycles. The van der Waals surface area contributed by atoms with Crippen LogP contribution in [0.3, 0.4) is 0 Å². The minimum atomic E-state index is 0.543. The van der Waals surface area contributed by atoms with E-state index in [2.05, 4.69) is 19.9 Å². The second kappa shape index (κ2) is 6.05. The Hall–Kier alpha value is -1.56. The van der Waals surface area contributed by atoms with Crippen molar-refractivity contribution >= 4 is 35.0 Å². The number of hydrogen-bond donors (Lipinski definition) is 1. The molecule has 106 valence electrons. The standard InChI is InChI=1S/C14H10Cl2N4S/c1-21-14-19-7-10(13-17-4-5-18-13)12(20-14)9-3-2-8(15)6-11(9)16/h2-7H,1H3,(H,17,18). The van der Waals surface area contributed by atoms with Gasteiger partial charge in [0.1, 0.15) is 5.82 Å². The van der Waals surface area contributed by atoms with Gasteiger partial charge in [-0.05, 0) is 24.5 Å². The van der Waals surface area contributed by atoms with Crippen molar-refractivity contribution in [2.24, 2.45) is 0 Å². The molecule has 0 aliphatic rings. The van der Waals surface area contributed by atoms with E-state index < -0.39 is 0 Å². The highest BCUT2D eigenvalue weighted by Crippen LogP contribution is 2.35. The van der Waals surface area contributed by atoms with E-state index in [0.29, 0.717) is 21.0 Å². The van der Waals surface area contributed by atoms with Gasteiger partial charge in [0.15, 0.2) is 5.16 Å². The van der Waals surface area contributed by atoms with Gasteiger partial charge in [-0.1, -0.05) is 35.0 Å². The molecule has 0 unspecified atom stereocenters. The van der Waals surface area contributed by atoms with E-state index in [4.69, 9.17) is 23.2 Å². The van der Waals surface area contributed by atoms with Crippen molar-refractivity contribution in [2.75, 3.05) is 6.26 Å². The first kappa shape index (κ1) is 14.4. The Kier molecular flexibility index (Phi) is 4.14. The van der Waals surface area contributed by atoms with Crippen LogP contribution in [-0.2, 0) is 0 Å². The number of benzene rings is 1. The zero-order valence-corrected chi connectivity index (χ0v) is 13.3. The zero-order chi connectivity index (χ0) is 14.8. The highest BCUT2D eigenvalue weighted by molar-refractivity contribution is 7.98. The number of aromatic nitrogens is 4. The molecular formula is C14H10Cl2N4S. The summed E-state index contributed by atoms with van der Waals surface area (Å²) in [5, 5.41) is 1.80. The fourth-order valence-corrected chi connectivity index (χ4v) is 2.78. The van der Waals surface area contributed by atoms with Gasteiger partial charge in [0.25, 0.3) is 0 Å². The number of thioether (sulfide) groups is 1. The molecule has 1 N–H and O–H groups in total. The van der Waals surface area contributed by atoms with Gasteiger partial charge in [-0.3, -0.25) is 0 Å². The molecule has 0 saturated heterocycles. The molecular weight excluding hydrogens is 327 g/mol. The normalized spacial score (nSPS) is 10.8. The number of nitrogens with one attached hydrogen (secondary N) is 1. The molecule has 3 rings (SSSR count). The Balaban J connectivity index is 2.23. The van der Waals surface area contributed by atoms with Gasteiger partial charge in [-0.15, -0.1) is 0 Å². The summed E-state index contributed by atoms with van der Waals surface area (Å²) >= 11 is 13.7. The molecule has 2 heterocycles. The van der Waals surface area contributed by atoms with Crippen molar-refractivity contribution in [1.29, 1.82) is 0 Å². The Labute approximate surface area is 136 Å². The van der Waals surface area contributed by atoms with Crippen LogP contribution in [0.4, 0.5) is 0 Å². The largest absolute Gasteiger partial charge is 0.345 e. The summed E-state index contributed by atoms with van der Waals surface area (Å²) in [7, 11) is 0. The first-order valence-corrected chi connectivity index (χ1v) is 8.03. The molecule has 0 aliphatic carbocycles. The van der Waals surface area contributed by atoms with Gasteiger partial charge in [0, 0.05) is 29.2 Å². The monoisotopic (exact) mass is 336 g/mol. The lowest BCUT2D eigenvalue weighted by molar-refractivity contribution is 0.975. The summed E-state index contributed by atoms with van der Waals surface area (Å²) in [5.74, 6) is 0.698. The lowest BCUT2D eigenvalue weighted by Gasteiger charge is -2.10. The molecule has 21 heavy (non-hydrogen) atoms. The number of imidazole rings is 1. The third-order valence-electron chi connectivity index (χ3n) is 2.89. The van der Waals surface area contributed by atoms with Gasteiger partial charge in [-0.2, -0.15) is 0 Å². The van der Waals surface area contributed by atoms with Crippen LogP contribution in [0.5, 0.6) is 0 Å². The average molecular weight is 337 g/mol. The summed E-state index contributed by atoms with van der Waals surface area (Å²) in [4.78, 5) is 16.2. The molecule has 4 nitrogen and oxygen atoms in total. The van der Waals surface area contributed by atoms with Crippen molar-refractivity contribution in [3.8, 4) is 22.6 Å². The lowest BCUT2D eigenvalue weighted by Crippen LogP contribution is -1.96. The third-order valence-corrected chi connectivity index (χ3v) is 4.00. The van der Waals surface area contributed by atoms with Crippen molar-refractivity contribution in [3.05, 3.63) is 46.8 Å². The Bertz CT molecular complexity index is 775. The van der Waals surface area contributed by atoms with Crippen LogP contribution < -0.4 is 0 Å². The molecule has 0 amide bonds. The summed E-state index contributed by atoms with van der Waals surface area (Å²) in [6.07, 6.45) is 7.11.